The predicted octanol–water partition coefficient (Wildman–Crippen LogP) is 0.292. The van der Waals surface area contributed by atoms with Gasteiger partial charge in [0.05, 0.1) is 13.2 Å². The lowest BCUT2D eigenvalue weighted by Gasteiger charge is -2.07. The Morgan fingerprint density at radius 2 is 1.86 bits per heavy atom. The molecule has 0 unspecified atom stereocenters. The minimum Gasteiger partial charge on any atom is -0.480 e. The van der Waals surface area contributed by atoms with Crippen molar-refractivity contribution in [2.24, 2.45) is 5.73 Å². The number of ether oxygens (including phenoxy) is 2. The van der Waals surface area contributed by atoms with Crippen LogP contribution in [0.1, 0.15) is 13.8 Å². The minimum atomic E-state index is -0.869. The molecular formula is C8H14N2O4. The summed E-state index contributed by atoms with van der Waals surface area (Å²) >= 11 is 0. The average Bonchev–Trinajstić information content (AvgIpc) is 2.04. The van der Waals surface area contributed by atoms with Crippen molar-refractivity contribution in [3.05, 3.63) is 11.5 Å². The molecule has 0 radical (unpaired) electrons. The molecule has 0 spiro atoms. The van der Waals surface area contributed by atoms with Gasteiger partial charge in [0.15, 0.2) is 5.57 Å². The van der Waals surface area contributed by atoms with Crippen molar-refractivity contribution in [1.82, 2.24) is 0 Å². The van der Waals surface area contributed by atoms with Crippen LogP contribution < -0.4 is 5.73 Å². The Hall–Kier alpha value is -1.72. The van der Waals surface area contributed by atoms with Crippen LogP contribution >= 0.6 is 0 Å². The minimum absolute atomic E-state index is 0.134. The molecule has 0 aliphatic heterocycles. The molecule has 80 valence electrons. The van der Waals surface area contributed by atoms with E-state index in [9.17, 15) is 9.90 Å². The number of hydrogen-bond acceptors (Lipinski definition) is 5. The highest BCUT2D eigenvalue weighted by Gasteiger charge is 2.21. The topological polar surface area (TPSA) is 106 Å². The highest BCUT2D eigenvalue weighted by molar-refractivity contribution is 6.17. The Morgan fingerprint density at radius 1 is 1.36 bits per heavy atom. The van der Waals surface area contributed by atoms with Gasteiger partial charge in [0.2, 0.25) is 0 Å². The molecule has 0 rings (SSSR count). The second-order valence-electron chi connectivity index (χ2n) is 2.25. The lowest BCUT2D eigenvalue weighted by atomic mass is 10.2. The van der Waals surface area contributed by atoms with E-state index >= 15 is 0 Å². The predicted molar refractivity (Wildman–Crippen MR) is 49.8 cm³/mol. The van der Waals surface area contributed by atoms with Gasteiger partial charge >= 0.3 is 5.97 Å². The highest BCUT2D eigenvalue weighted by Crippen LogP contribution is 2.05. The van der Waals surface area contributed by atoms with Gasteiger partial charge < -0.3 is 20.3 Å². The lowest BCUT2D eigenvalue weighted by molar-refractivity contribution is -0.138. The molecule has 0 heterocycles. The summed E-state index contributed by atoms with van der Waals surface area (Å²) in [5.41, 5.74) is 4.63. The first-order valence-corrected chi connectivity index (χ1v) is 4.12. The van der Waals surface area contributed by atoms with Gasteiger partial charge in [-0.15, -0.1) is 0 Å². The van der Waals surface area contributed by atoms with E-state index in [1.807, 2.05) is 0 Å². The van der Waals surface area contributed by atoms with Crippen LogP contribution in [0.4, 0.5) is 0 Å². The Balaban J connectivity index is 4.83. The molecule has 4 N–H and O–H groups in total. The van der Waals surface area contributed by atoms with Gasteiger partial charge in [0.1, 0.15) is 5.84 Å². The molecule has 0 aromatic heterocycles. The van der Waals surface area contributed by atoms with Crippen LogP contribution in [-0.2, 0) is 14.3 Å². The van der Waals surface area contributed by atoms with Gasteiger partial charge in [-0.1, -0.05) is 0 Å². The summed E-state index contributed by atoms with van der Waals surface area (Å²) in [7, 11) is 0. The van der Waals surface area contributed by atoms with Crippen molar-refractivity contribution in [1.29, 1.82) is 5.41 Å². The molecule has 0 saturated carbocycles. The molecule has 0 atom stereocenters. The number of nitrogens with one attached hydrogen (secondary N) is 1. The summed E-state index contributed by atoms with van der Waals surface area (Å²) in [6.45, 7) is 3.53. The molecule has 0 aromatic carbocycles. The fourth-order valence-electron chi connectivity index (χ4n) is 0.725. The number of aliphatic hydroxyl groups is 1. The molecule has 0 bridgehead atoms. The summed E-state index contributed by atoms with van der Waals surface area (Å²) in [6, 6.07) is 0. The lowest BCUT2D eigenvalue weighted by Crippen LogP contribution is -2.24. The average molecular weight is 202 g/mol. The number of esters is 1. The SMILES string of the molecule is CCOC(=O)/C(C(=N)N)=C(/O)OCC. The Bertz CT molecular complexity index is 260. The van der Waals surface area contributed by atoms with Crippen molar-refractivity contribution in [3.63, 3.8) is 0 Å². The maximum Gasteiger partial charge on any atom is 0.349 e. The number of nitrogens with two attached hydrogens (primary N) is 1. The van der Waals surface area contributed by atoms with E-state index in [4.69, 9.17) is 11.1 Å². The number of carbonyl (C=O) groups excluding carboxylic acids is 1. The Labute approximate surface area is 81.8 Å². The first kappa shape index (κ1) is 12.3. The van der Waals surface area contributed by atoms with Crippen molar-refractivity contribution in [2.45, 2.75) is 13.8 Å². The molecule has 0 fully saturated rings. The normalized spacial score (nSPS) is 11.6. The largest absolute Gasteiger partial charge is 0.480 e. The number of amidine groups is 1. The standard InChI is InChI=1S/C8H14N2O4/c1-3-13-7(11)5(6(9)10)8(12)14-4-2/h11H,3-4H2,1-2H3,(H3,9,10)/b7-5-. The van der Waals surface area contributed by atoms with E-state index in [1.54, 1.807) is 13.8 Å². The van der Waals surface area contributed by atoms with Gasteiger partial charge in [0.25, 0.3) is 5.95 Å². The number of aliphatic hydroxyl groups excluding tert-OH is 1. The van der Waals surface area contributed by atoms with Crippen molar-refractivity contribution in [3.8, 4) is 0 Å². The van der Waals surface area contributed by atoms with Crippen LogP contribution in [0.5, 0.6) is 0 Å². The monoisotopic (exact) mass is 202 g/mol. The van der Waals surface area contributed by atoms with E-state index in [0.717, 1.165) is 0 Å². The van der Waals surface area contributed by atoms with Gasteiger partial charge in [0, 0.05) is 0 Å². The molecule has 0 aliphatic rings. The van der Waals surface area contributed by atoms with Gasteiger partial charge in [-0.3, -0.25) is 5.41 Å². The summed E-state index contributed by atoms with van der Waals surface area (Å²) in [5, 5.41) is 16.3. The van der Waals surface area contributed by atoms with Crippen LogP contribution in [0.3, 0.4) is 0 Å². The van der Waals surface area contributed by atoms with Crippen LogP contribution in [0.15, 0.2) is 11.5 Å². The molecule has 14 heavy (non-hydrogen) atoms. The molecule has 0 saturated heterocycles. The van der Waals surface area contributed by atoms with E-state index < -0.39 is 23.3 Å². The summed E-state index contributed by atoms with van der Waals surface area (Å²) in [4.78, 5) is 11.2. The summed E-state index contributed by atoms with van der Waals surface area (Å²) in [5.74, 6) is -2.14. The molecule has 6 heteroatoms. The van der Waals surface area contributed by atoms with Crippen molar-refractivity contribution in [2.75, 3.05) is 13.2 Å². The number of rotatable bonds is 5. The van der Waals surface area contributed by atoms with Crippen molar-refractivity contribution >= 4 is 11.8 Å². The maximum atomic E-state index is 11.2. The van der Waals surface area contributed by atoms with Gasteiger partial charge in [-0.2, -0.15) is 0 Å². The second kappa shape index (κ2) is 5.85. The molecule has 0 amide bonds. The Kier molecular flexibility index (Phi) is 5.13. The zero-order chi connectivity index (χ0) is 11.1. The second-order valence-corrected chi connectivity index (χ2v) is 2.25. The van der Waals surface area contributed by atoms with E-state index in [0.29, 0.717) is 0 Å². The zero-order valence-corrected chi connectivity index (χ0v) is 8.16. The van der Waals surface area contributed by atoms with Crippen molar-refractivity contribution < 1.29 is 19.4 Å². The van der Waals surface area contributed by atoms with Crippen LogP contribution in [-0.4, -0.2) is 30.1 Å². The number of hydrogen-bond donors (Lipinski definition) is 3. The molecule has 0 aromatic rings. The van der Waals surface area contributed by atoms with E-state index in [2.05, 4.69) is 9.47 Å². The smallest absolute Gasteiger partial charge is 0.349 e. The first-order valence-electron chi connectivity index (χ1n) is 4.12. The van der Waals surface area contributed by atoms with Gasteiger partial charge in [-0.05, 0) is 13.8 Å². The quantitative estimate of drug-likeness (QED) is 0.195. The highest BCUT2D eigenvalue weighted by atomic mass is 16.6. The van der Waals surface area contributed by atoms with Gasteiger partial charge in [-0.25, -0.2) is 4.79 Å². The third-order valence-electron chi connectivity index (χ3n) is 1.24. The Morgan fingerprint density at radius 3 is 2.21 bits per heavy atom. The molecule has 6 nitrogen and oxygen atoms in total. The maximum absolute atomic E-state index is 11.2. The molecule has 0 aliphatic carbocycles. The fourth-order valence-corrected chi connectivity index (χ4v) is 0.725. The van der Waals surface area contributed by atoms with Crippen LogP contribution in [0, 0.1) is 5.41 Å². The first-order chi connectivity index (χ1) is 6.54. The third-order valence-corrected chi connectivity index (χ3v) is 1.24. The molecular weight excluding hydrogens is 188 g/mol. The number of carbonyl (C=O) groups is 1. The third kappa shape index (κ3) is 3.34. The fraction of sp³-hybridized carbons (Fsp3) is 0.500. The van der Waals surface area contributed by atoms with Crippen LogP contribution in [0.25, 0.3) is 0 Å². The van der Waals surface area contributed by atoms with Crippen LogP contribution in [0.2, 0.25) is 0 Å². The van der Waals surface area contributed by atoms with E-state index in [-0.39, 0.29) is 13.2 Å². The van der Waals surface area contributed by atoms with E-state index in [1.165, 1.54) is 0 Å². The summed E-state index contributed by atoms with van der Waals surface area (Å²) in [6.07, 6.45) is 0. The zero-order valence-electron chi connectivity index (χ0n) is 8.16. The summed E-state index contributed by atoms with van der Waals surface area (Å²) < 4.78 is 9.22.